The second kappa shape index (κ2) is 10.0. The van der Waals surface area contributed by atoms with Crippen molar-refractivity contribution in [3.8, 4) is 5.75 Å². The summed E-state index contributed by atoms with van der Waals surface area (Å²) in [5.74, 6) is -2.90. The van der Waals surface area contributed by atoms with Crippen LogP contribution in [0.4, 0.5) is 5.69 Å². The highest BCUT2D eigenvalue weighted by atomic mass is 16.6. The normalized spacial score (nSPS) is 14.8. The molecule has 0 saturated heterocycles. The van der Waals surface area contributed by atoms with Crippen LogP contribution in [0.2, 0.25) is 0 Å². The summed E-state index contributed by atoms with van der Waals surface area (Å²) < 4.78 is 1.26. The number of nitrogens with zero attached hydrogens (tertiary/aromatic N) is 2. The van der Waals surface area contributed by atoms with Crippen molar-refractivity contribution in [1.29, 1.82) is 0 Å². The number of pyridine rings is 1. The molecular weight excluding hydrogens is 464 g/mol. The molecule has 0 aliphatic carbocycles. The van der Waals surface area contributed by atoms with Gasteiger partial charge in [0.2, 0.25) is 11.3 Å². The quantitative estimate of drug-likeness (QED) is 0.454. The summed E-state index contributed by atoms with van der Waals surface area (Å²) in [6.45, 7) is 3.72. The largest absolute Gasteiger partial charge is 0.503 e. The number of amides is 3. The van der Waals surface area contributed by atoms with E-state index in [1.165, 1.54) is 16.6 Å². The van der Waals surface area contributed by atoms with E-state index in [0.29, 0.717) is 5.69 Å². The Morgan fingerprint density at radius 1 is 1.06 bits per heavy atom. The minimum atomic E-state index is -1.01. The van der Waals surface area contributed by atoms with Crippen molar-refractivity contribution in [2.75, 3.05) is 12.4 Å². The Morgan fingerprint density at radius 2 is 1.72 bits per heavy atom. The van der Waals surface area contributed by atoms with Crippen LogP contribution in [-0.4, -0.2) is 45.4 Å². The number of hydrogen-bond acceptors (Lipinski definition) is 6. The highest BCUT2D eigenvalue weighted by Crippen LogP contribution is 2.27. The maximum absolute atomic E-state index is 13.6. The molecule has 10 heteroatoms. The van der Waals surface area contributed by atoms with Gasteiger partial charge in [-0.3, -0.25) is 24.0 Å². The zero-order valence-electron chi connectivity index (χ0n) is 20.1. The lowest BCUT2D eigenvalue weighted by molar-refractivity contribution is -0.121. The zero-order chi connectivity index (χ0) is 26.0. The lowest BCUT2D eigenvalue weighted by Gasteiger charge is -2.37. The van der Waals surface area contributed by atoms with E-state index in [0.717, 1.165) is 22.9 Å². The van der Waals surface area contributed by atoms with Gasteiger partial charge < -0.3 is 19.9 Å². The molecule has 3 N–H and O–H groups in total. The van der Waals surface area contributed by atoms with Gasteiger partial charge in [-0.25, -0.2) is 5.48 Å². The first kappa shape index (κ1) is 24.7. The van der Waals surface area contributed by atoms with Gasteiger partial charge in [-0.1, -0.05) is 48.5 Å². The summed E-state index contributed by atoms with van der Waals surface area (Å²) in [7, 11) is 1.20. The molecule has 0 spiro atoms. The number of carbonyl (C=O) groups excluding carboxylic acids is 3. The predicted molar refractivity (Wildman–Crippen MR) is 131 cm³/mol. The van der Waals surface area contributed by atoms with Gasteiger partial charge in [0.05, 0.1) is 13.7 Å². The maximum Gasteiger partial charge on any atom is 0.280 e. The first-order valence-electron chi connectivity index (χ1n) is 11.2. The molecule has 0 saturated carbocycles. The number of anilines is 1. The van der Waals surface area contributed by atoms with Crippen LogP contribution in [0.5, 0.6) is 5.75 Å². The van der Waals surface area contributed by atoms with E-state index in [1.807, 2.05) is 67.9 Å². The van der Waals surface area contributed by atoms with Crippen LogP contribution in [0.3, 0.4) is 0 Å². The van der Waals surface area contributed by atoms with Crippen LogP contribution >= 0.6 is 0 Å². The number of hydroxylamine groups is 1. The van der Waals surface area contributed by atoms with Gasteiger partial charge in [0.15, 0.2) is 11.4 Å². The molecule has 1 unspecified atom stereocenters. The summed E-state index contributed by atoms with van der Waals surface area (Å²) in [5, 5.41) is 13.6. The summed E-state index contributed by atoms with van der Waals surface area (Å²) in [5.41, 5.74) is 3.44. The topological polar surface area (TPSA) is 130 Å². The van der Waals surface area contributed by atoms with Gasteiger partial charge in [0.1, 0.15) is 11.6 Å². The molecule has 186 valence electrons. The Morgan fingerprint density at radius 3 is 2.36 bits per heavy atom. The smallest absolute Gasteiger partial charge is 0.280 e. The van der Waals surface area contributed by atoms with Gasteiger partial charge in [-0.05, 0) is 30.5 Å². The first-order valence-corrected chi connectivity index (χ1v) is 11.2. The number of para-hydroxylation sites is 1. The Balaban J connectivity index is 1.79. The molecule has 36 heavy (non-hydrogen) atoms. The molecule has 0 radical (unpaired) electrons. The number of fused-ring (bicyclic) bond motifs is 1. The molecule has 1 aliphatic rings. The maximum atomic E-state index is 13.6. The summed E-state index contributed by atoms with van der Waals surface area (Å²) in [4.78, 5) is 58.0. The van der Waals surface area contributed by atoms with Crippen molar-refractivity contribution in [3.63, 3.8) is 0 Å². The monoisotopic (exact) mass is 490 g/mol. The summed E-state index contributed by atoms with van der Waals surface area (Å²) in [6.07, 6.45) is 1.16. The van der Waals surface area contributed by atoms with E-state index in [1.54, 1.807) is 0 Å². The summed E-state index contributed by atoms with van der Waals surface area (Å²) >= 11 is 0. The number of aryl methyl sites for hydroxylation is 2. The van der Waals surface area contributed by atoms with Crippen molar-refractivity contribution in [3.05, 3.63) is 92.9 Å². The molecule has 10 nitrogen and oxygen atoms in total. The van der Waals surface area contributed by atoms with Crippen molar-refractivity contribution < 1.29 is 24.3 Å². The third-order valence-electron chi connectivity index (χ3n) is 6.13. The van der Waals surface area contributed by atoms with Crippen molar-refractivity contribution >= 4 is 23.4 Å². The van der Waals surface area contributed by atoms with E-state index < -0.39 is 40.5 Å². The lowest BCUT2D eigenvalue weighted by Crippen LogP contribution is -2.54. The second-order valence-corrected chi connectivity index (χ2v) is 8.55. The third-order valence-corrected chi connectivity index (χ3v) is 6.13. The van der Waals surface area contributed by atoms with E-state index in [9.17, 15) is 24.3 Å². The molecule has 3 aromatic rings. The third kappa shape index (κ3) is 4.58. The molecule has 2 aromatic carbocycles. The number of rotatable bonds is 6. The van der Waals surface area contributed by atoms with Crippen molar-refractivity contribution in [2.24, 2.45) is 0 Å². The van der Waals surface area contributed by atoms with E-state index >= 15 is 0 Å². The Kier molecular flexibility index (Phi) is 6.89. The molecule has 1 atom stereocenters. The fourth-order valence-electron chi connectivity index (χ4n) is 4.29. The van der Waals surface area contributed by atoms with Gasteiger partial charge in [-0.15, -0.1) is 0 Å². The first-order chi connectivity index (χ1) is 17.2. The van der Waals surface area contributed by atoms with Gasteiger partial charge in [0, 0.05) is 18.4 Å². The van der Waals surface area contributed by atoms with Gasteiger partial charge in [-0.2, -0.15) is 0 Å². The molecule has 0 bridgehead atoms. The standard InChI is InChI=1S/C26H26N4O6/c1-15-8-7-9-16(2)20(15)27-25(34)19-14-29-13-18(24(33)28-36-3)22(31)23(32)21(29)26(35)30(19)12-17-10-5-4-6-11-17/h4-11,13,19,32H,12,14H2,1-3H3,(H,27,34)(H,28,33). The Hall–Kier alpha value is -4.44. The average Bonchev–Trinajstić information content (AvgIpc) is 2.85. The van der Waals surface area contributed by atoms with E-state index in [2.05, 4.69) is 10.2 Å². The fraction of sp³-hybridized carbons (Fsp3) is 0.231. The van der Waals surface area contributed by atoms with Gasteiger partial charge >= 0.3 is 0 Å². The second-order valence-electron chi connectivity index (χ2n) is 8.55. The number of benzene rings is 2. The zero-order valence-corrected chi connectivity index (χ0v) is 20.1. The van der Waals surface area contributed by atoms with Crippen molar-refractivity contribution in [1.82, 2.24) is 14.9 Å². The number of aromatic nitrogens is 1. The number of nitrogens with one attached hydrogen (secondary N) is 2. The number of hydrogen-bond donors (Lipinski definition) is 3. The van der Waals surface area contributed by atoms with Crippen LogP contribution in [-0.2, 0) is 22.7 Å². The summed E-state index contributed by atoms with van der Waals surface area (Å²) in [6, 6.07) is 13.7. The van der Waals surface area contributed by atoms with Crippen LogP contribution in [0.25, 0.3) is 0 Å². The van der Waals surface area contributed by atoms with Crippen LogP contribution in [0.15, 0.2) is 59.5 Å². The number of carbonyl (C=O) groups is 3. The van der Waals surface area contributed by atoms with E-state index in [-0.39, 0.29) is 18.8 Å². The molecule has 3 amide bonds. The van der Waals surface area contributed by atoms with Gasteiger partial charge in [0.25, 0.3) is 11.8 Å². The predicted octanol–water partition coefficient (Wildman–Crippen LogP) is 2.13. The number of aromatic hydroxyl groups is 1. The minimum Gasteiger partial charge on any atom is -0.503 e. The lowest BCUT2D eigenvalue weighted by atomic mass is 10.0. The van der Waals surface area contributed by atoms with Crippen LogP contribution in [0, 0.1) is 13.8 Å². The van der Waals surface area contributed by atoms with Crippen molar-refractivity contribution in [2.45, 2.75) is 33.0 Å². The highest BCUT2D eigenvalue weighted by Gasteiger charge is 2.40. The minimum absolute atomic E-state index is 0.0735. The molecule has 1 aliphatic heterocycles. The molecule has 0 fully saturated rings. The van der Waals surface area contributed by atoms with Crippen LogP contribution < -0.4 is 16.2 Å². The molecule has 4 rings (SSSR count). The Labute approximate surface area is 207 Å². The highest BCUT2D eigenvalue weighted by molar-refractivity contribution is 6.04. The average molecular weight is 491 g/mol. The fourth-order valence-corrected chi connectivity index (χ4v) is 4.29. The SMILES string of the molecule is CONC(=O)c1cn2c(c(O)c1=O)C(=O)N(Cc1ccccc1)C(C(=O)Nc1c(C)cccc1C)C2. The molecule has 1 aromatic heterocycles. The van der Waals surface area contributed by atoms with E-state index in [4.69, 9.17) is 0 Å². The molecular formula is C26H26N4O6. The van der Waals surface area contributed by atoms with Crippen LogP contribution in [0.1, 0.15) is 37.5 Å². The Bertz CT molecular complexity index is 1380. The molecule has 2 heterocycles.